The molecule has 142 valence electrons. The van der Waals surface area contributed by atoms with Crippen molar-refractivity contribution in [1.29, 1.82) is 5.26 Å². The molecule has 1 aliphatic carbocycles. The van der Waals surface area contributed by atoms with Gasteiger partial charge in [0.15, 0.2) is 0 Å². The van der Waals surface area contributed by atoms with Crippen molar-refractivity contribution < 1.29 is 14.4 Å². The molecule has 0 radical (unpaired) electrons. The van der Waals surface area contributed by atoms with E-state index in [2.05, 4.69) is 17.6 Å². The summed E-state index contributed by atoms with van der Waals surface area (Å²) >= 11 is 0. The lowest BCUT2D eigenvalue weighted by molar-refractivity contribution is -0.135. The van der Waals surface area contributed by atoms with Crippen LogP contribution in [0.5, 0.6) is 0 Å². The van der Waals surface area contributed by atoms with Crippen LogP contribution in [0.15, 0.2) is 24.3 Å². The summed E-state index contributed by atoms with van der Waals surface area (Å²) in [6, 6.07) is 8.07. The van der Waals surface area contributed by atoms with Crippen LogP contribution in [0.25, 0.3) is 0 Å². The molecule has 4 amide bonds. The number of imide groups is 1. The van der Waals surface area contributed by atoms with Crippen molar-refractivity contribution in [3.8, 4) is 6.07 Å². The van der Waals surface area contributed by atoms with Crippen LogP contribution in [-0.2, 0) is 15.1 Å². The van der Waals surface area contributed by atoms with E-state index in [9.17, 15) is 14.4 Å². The van der Waals surface area contributed by atoms with Gasteiger partial charge in [-0.2, -0.15) is 5.26 Å². The number of nitrogens with one attached hydrogen (secondary N) is 2. The van der Waals surface area contributed by atoms with Crippen LogP contribution in [0.2, 0.25) is 0 Å². The van der Waals surface area contributed by atoms with Gasteiger partial charge in [-0.1, -0.05) is 31.9 Å². The lowest BCUT2D eigenvalue weighted by Crippen LogP contribution is -2.47. The number of hydrogen-bond donors (Lipinski definition) is 2. The molecule has 1 aromatic carbocycles. The summed E-state index contributed by atoms with van der Waals surface area (Å²) < 4.78 is 0. The van der Waals surface area contributed by atoms with Crippen molar-refractivity contribution in [1.82, 2.24) is 15.5 Å². The largest absolute Gasteiger partial charge is 0.352 e. The highest BCUT2D eigenvalue weighted by Crippen LogP contribution is 2.29. The van der Waals surface area contributed by atoms with Crippen molar-refractivity contribution in [2.45, 2.75) is 51.1 Å². The van der Waals surface area contributed by atoms with Gasteiger partial charge in [0.25, 0.3) is 5.91 Å². The fourth-order valence-electron chi connectivity index (χ4n) is 3.86. The molecular formula is C20H24N4O3. The molecule has 1 heterocycles. The second-order valence-electron chi connectivity index (χ2n) is 7.57. The molecular weight excluding hydrogens is 344 g/mol. The lowest BCUT2D eigenvalue weighted by atomic mass is 9.86. The monoisotopic (exact) mass is 368 g/mol. The Kier molecular flexibility index (Phi) is 5.17. The zero-order valence-corrected chi connectivity index (χ0v) is 15.6. The van der Waals surface area contributed by atoms with Gasteiger partial charge in [-0.05, 0) is 43.4 Å². The van der Waals surface area contributed by atoms with Gasteiger partial charge in [-0.15, -0.1) is 0 Å². The Morgan fingerprint density at radius 3 is 2.81 bits per heavy atom. The smallest absolute Gasteiger partial charge is 0.325 e. The molecule has 0 spiro atoms. The van der Waals surface area contributed by atoms with E-state index in [0.717, 1.165) is 24.2 Å². The zero-order valence-electron chi connectivity index (χ0n) is 15.6. The fraction of sp³-hybridized carbons (Fsp3) is 0.500. The van der Waals surface area contributed by atoms with E-state index in [1.54, 1.807) is 31.2 Å². The van der Waals surface area contributed by atoms with Crippen molar-refractivity contribution in [3.05, 3.63) is 35.4 Å². The first-order valence-corrected chi connectivity index (χ1v) is 9.29. The van der Waals surface area contributed by atoms with Crippen LogP contribution in [0.3, 0.4) is 0 Å². The standard InChI is InChI=1S/C20H24N4O3/c1-13-6-3-4-9-16(13)22-17(25)12-24-18(26)20(2,23-19(24)27)15-8-5-7-14(10-15)11-21/h5,7-8,10,13,16H,3-4,6,9,12H2,1-2H3,(H,22,25)(H,23,27)/t13-,16-,20-/m1/s1. The molecule has 2 aliphatic rings. The summed E-state index contributed by atoms with van der Waals surface area (Å²) in [6.45, 7) is 3.39. The van der Waals surface area contributed by atoms with E-state index in [1.807, 2.05) is 6.07 Å². The number of nitrogens with zero attached hydrogens (tertiary/aromatic N) is 2. The van der Waals surface area contributed by atoms with Gasteiger partial charge < -0.3 is 10.6 Å². The van der Waals surface area contributed by atoms with Gasteiger partial charge in [0, 0.05) is 6.04 Å². The minimum Gasteiger partial charge on any atom is -0.352 e. The highest BCUT2D eigenvalue weighted by molar-refractivity contribution is 6.09. The summed E-state index contributed by atoms with van der Waals surface area (Å²) in [7, 11) is 0. The average molecular weight is 368 g/mol. The van der Waals surface area contributed by atoms with E-state index in [0.29, 0.717) is 17.0 Å². The number of amides is 4. The summed E-state index contributed by atoms with van der Waals surface area (Å²) in [5, 5.41) is 14.7. The van der Waals surface area contributed by atoms with E-state index in [1.165, 1.54) is 6.42 Å². The second kappa shape index (κ2) is 7.39. The maximum Gasteiger partial charge on any atom is 0.325 e. The van der Waals surface area contributed by atoms with Gasteiger partial charge >= 0.3 is 6.03 Å². The molecule has 2 N–H and O–H groups in total. The van der Waals surface area contributed by atoms with Gasteiger partial charge in [-0.3, -0.25) is 14.5 Å². The predicted molar refractivity (Wildman–Crippen MR) is 98.3 cm³/mol. The molecule has 0 unspecified atom stereocenters. The SMILES string of the molecule is C[C@@H]1CCCC[C@H]1NC(=O)CN1C(=O)N[C@](C)(c2cccc(C#N)c2)C1=O. The Morgan fingerprint density at radius 1 is 1.37 bits per heavy atom. The van der Waals surface area contributed by atoms with Gasteiger partial charge in [-0.25, -0.2) is 4.79 Å². The number of urea groups is 1. The molecule has 27 heavy (non-hydrogen) atoms. The molecule has 1 saturated carbocycles. The van der Waals surface area contributed by atoms with Crippen LogP contribution in [0.4, 0.5) is 4.79 Å². The third-order valence-corrected chi connectivity index (χ3v) is 5.60. The topological polar surface area (TPSA) is 102 Å². The summed E-state index contributed by atoms with van der Waals surface area (Å²) in [5.74, 6) is -0.425. The Labute approximate surface area is 158 Å². The van der Waals surface area contributed by atoms with Gasteiger partial charge in [0.05, 0.1) is 11.6 Å². The van der Waals surface area contributed by atoms with Crippen LogP contribution >= 0.6 is 0 Å². The fourth-order valence-corrected chi connectivity index (χ4v) is 3.86. The predicted octanol–water partition coefficient (Wildman–Crippen LogP) is 2.02. The van der Waals surface area contributed by atoms with E-state index >= 15 is 0 Å². The Bertz CT molecular complexity index is 816. The number of carbonyl (C=O) groups excluding carboxylic acids is 3. The van der Waals surface area contributed by atoms with Crippen molar-refractivity contribution in [3.63, 3.8) is 0 Å². The van der Waals surface area contributed by atoms with Crippen LogP contribution in [0.1, 0.15) is 50.7 Å². The molecule has 7 nitrogen and oxygen atoms in total. The van der Waals surface area contributed by atoms with Gasteiger partial charge in [0.1, 0.15) is 12.1 Å². The summed E-state index contributed by atoms with van der Waals surface area (Å²) in [6.07, 6.45) is 4.24. The Morgan fingerprint density at radius 2 is 2.11 bits per heavy atom. The molecule has 7 heteroatoms. The third kappa shape index (κ3) is 3.65. The normalized spacial score (nSPS) is 27.8. The second-order valence-corrected chi connectivity index (χ2v) is 7.57. The number of carbonyl (C=O) groups is 3. The van der Waals surface area contributed by atoms with E-state index < -0.39 is 17.5 Å². The molecule has 0 bridgehead atoms. The summed E-state index contributed by atoms with van der Waals surface area (Å²) in [4.78, 5) is 38.6. The van der Waals surface area contributed by atoms with E-state index in [4.69, 9.17) is 5.26 Å². The lowest BCUT2D eigenvalue weighted by Gasteiger charge is -2.30. The first-order valence-electron chi connectivity index (χ1n) is 9.29. The number of hydrogen-bond acceptors (Lipinski definition) is 4. The molecule has 3 rings (SSSR count). The molecule has 1 aliphatic heterocycles. The Balaban J connectivity index is 1.72. The molecule has 3 atom stereocenters. The van der Waals surface area contributed by atoms with Crippen molar-refractivity contribution >= 4 is 17.8 Å². The zero-order chi connectivity index (χ0) is 19.6. The highest BCUT2D eigenvalue weighted by atomic mass is 16.2. The molecule has 1 aromatic rings. The maximum absolute atomic E-state index is 12.9. The first-order chi connectivity index (χ1) is 12.8. The van der Waals surface area contributed by atoms with Crippen LogP contribution in [-0.4, -0.2) is 35.3 Å². The van der Waals surface area contributed by atoms with Crippen molar-refractivity contribution in [2.24, 2.45) is 5.92 Å². The minimum atomic E-state index is -1.29. The minimum absolute atomic E-state index is 0.0886. The third-order valence-electron chi connectivity index (χ3n) is 5.60. The maximum atomic E-state index is 12.9. The molecule has 2 fully saturated rings. The average Bonchev–Trinajstić information content (AvgIpc) is 2.88. The summed E-state index contributed by atoms with van der Waals surface area (Å²) in [5.41, 5.74) is -0.371. The number of benzene rings is 1. The van der Waals surface area contributed by atoms with Crippen LogP contribution < -0.4 is 10.6 Å². The quantitative estimate of drug-likeness (QED) is 0.794. The molecule has 1 saturated heterocycles. The number of rotatable bonds is 4. The molecule has 0 aromatic heterocycles. The van der Waals surface area contributed by atoms with E-state index in [-0.39, 0.29) is 18.5 Å². The van der Waals surface area contributed by atoms with Crippen molar-refractivity contribution in [2.75, 3.05) is 6.54 Å². The van der Waals surface area contributed by atoms with Gasteiger partial charge in [0.2, 0.25) is 5.91 Å². The van der Waals surface area contributed by atoms with Crippen LogP contribution in [0, 0.1) is 17.2 Å². The highest BCUT2D eigenvalue weighted by Gasteiger charge is 2.49. The number of nitriles is 1. The Hall–Kier alpha value is -2.88. The first kappa shape index (κ1) is 18.9.